The fraction of sp³-hybridized carbons (Fsp3) is 0.857. The largest absolute Gasteiger partial charge is 0.383 e. The van der Waals surface area contributed by atoms with Gasteiger partial charge in [-0.2, -0.15) is 0 Å². The van der Waals surface area contributed by atoms with Gasteiger partial charge in [-0.05, 0) is 19.8 Å². The van der Waals surface area contributed by atoms with Crippen LogP contribution in [-0.4, -0.2) is 58.9 Å². The first-order valence-electron chi connectivity index (χ1n) is 7.54. The topological polar surface area (TPSA) is 52.4 Å². The summed E-state index contributed by atoms with van der Waals surface area (Å²) >= 11 is 0. The Balaban J connectivity index is 1.57. The van der Waals surface area contributed by atoms with Crippen molar-refractivity contribution in [1.29, 1.82) is 0 Å². The van der Waals surface area contributed by atoms with E-state index in [1.807, 2.05) is 4.68 Å². The maximum Gasteiger partial charge on any atom is 0.0999 e. The molecule has 3 rings (SSSR count). The predicted octanol–water partition coefficient (Wildman–Crippen LogP) is 0.850. The molecule has 2 aliphatic rings. The van der Waals surface area contributed by atoms with Crippen molar-refractivity contribution in [3.05, 3.63) is 11.4 Å². The van der Waals surface area contributed by atoms with Gasteiger partial charge in [0.15, 0.2) is 0 Å². The molecule has 0 N–H and O–H groups in total. The molecular weight excluding hydrogens is 256 g/mol. The third kappa shape index (κ3) is 3.02. The van der Waals surface area contributed by atoms with Gasteiger partial charge in [-0.1, -0.05) is 5.21 Å². The molecule has 6 heteroatoms. The van der Waals surface area contributed by atoms with Crippen LogP contribution in [0, 0.1) is 0 Å². The van der Waals surface area contributed by atoms with Crippen LogP contribution >= 0.6 is 0 Å². The molecule has 1 aromatic rings. The van der Waals surface area contributed by atoms with Gasteiger partial charge in [0.1, 0.15) is 0 Å². The summed E-state index contributed by atoms with van der Waals surface area (Å²) < 4.78 is 13.0. The Kier molecular flexibility index (Phi) is 4.33. The van der Waals surface area contributed by atoms with Crippen molar-refractivity contribution >= 4 is 0 Å². The second-order valence-electron chi connectivity index (χ2n) is 5.83. The van der Waals surface area contributed by atoms with E-state index in [0.29, 0.717) is 18.8 Å². The molecule has 0 bridgehead atoms. The lowest BCUT2D eigenvalue weighted by atomic mass is 10.1. The molecule has 2 aliphatic heterocycles. The van der Waals surface area contributed by atoms with Gasteiger partial charge in [-0.25, -0.2) is 4.68 Å². The van der Waals surface area contributed by atoms with Crippen molar-refractivity contribution < 1.29 is 9.47 Å². The maximum atomic E-state index is 5.91. The Morgan fingerprint density at radius 1 is 1.40 bits per heavy atom. The molecule has 0 aliphatic carbocycles. The van der Waals surface area contributed by atoms with Gasteiger partial charge in [0.05, 0.1) is 36.7 Å². The van der Waals surface area contributed by atoms with Crippen molar-refractivity contribution in [3.8, 4) is 0 Å². The first-order chi connectivity index (χ1) is 9.76. The quantitative estimate of drug-likeness (QED) is 0.800. The zero-order valence-corrected chi connectivity index (χ0v) is 12.4. The Labute approximate surface area is 120 Å². The van der Waals surface area contributed by atoms with E-state index >= 15 is 0 Å². The third-order valence-electron chi connectivity index (χ3n) is 4.25. The molecule has 3 heterocycles. The Morgan fingerprint density at radius 3 is 3.05 bits per heavy atom. The molecule has 0 aromatic carbocycles. The van der Waals surface area contributed by atoms with E-state index in [0.717, 1.165) is 38.3 Å². The maximum absolute atomic E-state index is 5.91. The van der Waals surface area contributed by atoms with Gasteiger partial charge in [0, 0.05) is 33.2 Å². The molecule has 20 heavy (non-hydrogen) atoms. The van der Waals surface area contributed by atoms with Gasteiger partial charge in [-0.3, -0.25) is 4.90 Å². The molecule has 2 atom stereocenters. The van der Waals surface area contributed by atoms with Gasteiger partial charge in [0.25, 0.3) is 0 Å². The van der Waals surface area contributed by atoms with Crippen LogP contribution in [0.15, 0.2) is 0 Å². The highest BCUT2D eigenvalue weighted by molar-refractivity contribution is 5.13. The molecule has 1 saturated heterocycles. The SMILES string of the molecule is COCCn1nnc2c1CCN(CC1CCC(C)O1)C2. The summed E-state index contributed by atoms with van der Waals surface area (Å²) in [7, 11) is 1.72. The number of nitrogens with zero attached hydrogens (tertiary/aromatic N) is 4. The van der Waals surface area contributed by atoms with Crippen molar-refractivity contribution in [3.63, 3.8) is 0 Å². The highest BCUT2D eigenvalue weighted by Crippen LogP contribution is 2.22. The fourth-order valence-corrected chi connectivity index (χ4v) is 3.14. The van der Waals surface area contributed by atoms with E-state index in [9.17, 15) is 0 Å². The molecule has 112 valence electrons. The summed E-state index contributed by atoms with van der Waals surface area (Å²) in [6.07, 6.45) is 4.22. The number of hydrogen-bond acceptors (Lipinski definition) is 5. The second kappa shape index (κ2) is 6.20. The van der Waals surface area contributed by atoms with E-state index in [2.05, 4.69) is 22.1 Å². The molecule has 0 saturated carbocycles. The molecule has 0 amide bonds. The summed E-state index contributed by atoms with van der Waals surface area (Å²) in [5.74, 6) is 0. The zero-order chi connectivity index (χ0) is 13.9. The van der Waals surface area contributed by atoms with E-state index in [4.69, 9.17) is 9.47 Å². The molecule has 0 radical (unpaired) electrons. The van der Waals surface area contributed by atoms with Crippen LogP contribution in [0.4, 0.5) is 0 Å². The normalized spacial score (nSPS) is 26.9. The summed E-state index contributed by atoms with van der Waals surface area (Å²) in [5, 5.41) is 8.57. The highest BCUT2D eigenvalue weighted by atomic mass is 16.5. The van der Waals surface area contributed by atoms with Gasteiger partial charge in [-0.15, -0.1) is 5.10 Å². The fourth-order valence-electron chi connectivity index (χ4n) is 3.14. The number of aromatic nitrogens is 3. The minimum atomic E-state index is 0.398. The number of hydrogen-bond donors (Lipinski definition) is 0. The average Bonchev–Trinajstić information content (AvgIpc) is 3.03. The third-order valence-corrected chi connectivity index (χ3v) is 4.25. The monoisotopic (exact) mass is 280 g/mol. The number of rotatable bonds is 5. The van der Waals surface area contributed by atoms with Crippen LogP contribution in [0.3, 0.4) is 0 Å². The summed E-state index contributed by atoms with van der Waals surface area (Å²) in [6.45, 7) is 6.64. The lowest BCUT2D eigenvalue weighted by Crippen LogP contribution is -2.37. The smallest absolute Gasteiger partial charge is 0.0999 e. The van der Waals surface area contributed by atoms with Crippen molar-refractivity contribution in [2.24, 2.45) is 0 Å². The van der Waals surface area contributed by atoms with E-state index in [-0.39, 0.29) is 0 Å². The van der Waals surface area contributed by atoms with Crippen LogP contribution in [0.25, 0.3) is 0 Å². The summed E-state index contributed by atoms with van der Waals surface area (Å²) in [6, 6.07) is 0. The number of methoxy groups -OCH3 is 1. The number of ether oxygens (including phenoxy) is 2. The highest BCUT2D eigenvalue weighted by Gasteiger charge is 2.27. The predicted molar refractivity (Wildman–Crippen MR) is 74.4 cm³/mol. The standard InChI is InChI=1S/C14H24N4O2/c1-11-3-4-12(20-11)9-17-6-5-14-13(10-17)15-16-18(14)7-8-19-2/h11-12H,3-10H2,1-2H3. The Hall–Kier alpha value is -0.980. The van der Waals surface area contributed by atoms with E-state index in [1.165, 1.54) is 18.5 Å². The van der Waals surface area contributed by atoms with Crippen LogP contribution in [0.1, 0.15) is 31.2 Å². The molecule has 0 spiro atoms. The Morgan fingerprint density at radius 2 is 2.30 bits per heavy atom. The van der Waals surface area contributed by atoms with Crippen molar-refractivity contribution in [1.82, 2.24) is 19.9 Å². The molecular formula is C14H24N4O2. The lowest BCUT2D eigenvalue weighted by molar-refractivity contribution is 0.0281. The lowest BCUT2D eigenvalue weighted by Gasteiger charge is -2.28. The molecule has 1 fully saturated rings. The van der Waals surface area contributed by atoms with Crippen molar-refractivity contribution in [2.45, 2.75) is 51.5 Å². The van der Waals surface area contributed by atoms with Crippen LogP contribution < -0.4 is 0 Å². The second-order valence-corrected chi connectivity index (χ2v) is 5.83. The van der Waals surface area contributed by atoms with Crippen molar-refractivity contribution in [2.75, 3.05) is 26.8 Å². The summed E-state index contributed by atoms with van der Waals surface area (Å²) in [5.41, 5.74) is 2.40. The van der Waals surface area contributed by atoms with E-state index < -0.39 is 0 Å². The Bertz CT molecular complexity index is 448. The first-order valence-corrected chi connectivity index (χ1v) is 7.54. The van der Waals surface area contributed by atoms with Gasteiger partial charge < -0.3 is 9.47 Å². The van der Waals surface area contributed by atoms with Crippen LogP contribution in [0.5, 0.6) is 0 Å². The first kappa shape index (κ1) is 14.0. The summed E-state index contributed by atoms with van der Waals surface area (Å²) in [4.78, 5) is 2.44. The average molecular weight is 280 g/mol. The van der Waals surface area contributed by atoms with E-state index in [1.54, 1.807) is 7.11 Å². The molecule has 2 unspecified atom stereocenters. The number of fused-ring (bicyclic) bond motifs is 1. The van der Waals surface area contributed by atoms with Crippen LogP contribution in [-0.2, 0) is 29.0 Å². The van der Waals surface area contributed by atoms with Gasteiger partial charge >= 0.3 is 0 Å². The molecule has 1 aromatic heterocycles. The minimum Gasteiger partial charge on any atom is -0.383 e. The van der Waals surface area contributed by atoms with Crippen LogP contribution in [0.2, 0.25) is 0 Å². The zero-order valence-electron chi connectivity index (χ0n) is 12.4. The minimum absolute atomic E-state index is 0.398. The molecule has 6 nitrogen and oxygen atoms in total. The van der Waals surface area contributed by atoms with Gasteiger partial charge in [0.2, 0.25) is 0 Å².